The van der Waals surface area contributed by atoms with Gasteiger partial charge in [0, 0.05) is 14.9 Å². The highest BCUT2D eigenvalue weighted by atomic mass is 16.3. The first-order valence-electron chi connectivity index (χ1n) is 11.0. The molecule has 0 amide bonds. The van der Waals surface area contributed by atoms with Crippen LogP contribution in [0.4, 0.5) is 0 Å². The normalized spacial score (nSPS) is 13.6. The number of rotatable bonds is 2. The van der Waals surface area contributed by atoms with Gasteiger partial charge in [-0.25, -0.2) is 4.98 Å². The summed E-state index contributed by atoms with van der Waals surface area (Å²) in [6.45, 7) is -2.20. The molecule has 29 heavy (non-hydrogen) atoms. The van der Waals surface area contributed by atoms with Gasteiger partial charge in [-0.1, -0.05) is 60.2 Å². The van der Waals surface area contributed by atoms with Gasteiger partial charge in [-0.3, -0.25) is 4.57 Å². The Balaban J connectivity index is 1.71. The Hall–Kier alpha value is -3.85. The molecule has 2 heterocycles. The van der Waals surface area contributed by atoms with Gasteiger partial charge in [-0.2, -0.15) is 0 Å². The van der Waals surface area contributed by atoms with Crippen molar-refractivity contribution < 1.29 is 8.53 Å². The van der Waals surface area contributed by atoms with Gasteiger partial charge in [0.2, 0.25) is 0 Å². The lowest BCUT2D eigenvalue weighted by Crippen LogP contribution is -1.98. The Kier molecular flexibility index (Phi) is 2.80. The quantitative estimate of drug-likeness (QED) is 0.328. The molecule has 3 nitrogen and oxygen atoms in total. The van der Waals surface area contributed by atoms with Gasteiger partial charge in [0.15, 0.2) is 0 Å². The van der Waals surface area contributed by atoms with Crippen molar-refractivity contribution in [1.82, 2.24) is 9.55 Å². The summed E-state index contributed by atoms with van der Waals surface area (Å²) in [5.74, 6) is 0.712. The molecule has 0 fully saturated rings. The van der Waals surface area contributed by atoms with Crippen LogP contribution in [0.2, 0.25) is 0 Å². The first-order chi connectivity index (χ1) is 15.5. The van der Waals surface area contributed by atoms with Gasteiger partial charge in [-0.15, -0.1) is 0 Å². The van der Waals surface area contributed by atoms with Crippen molar-refractivity contribution in [2.24, 2.45) is 0 Å². The molecule has 0 aliphatic rings. The molecule has 0 spiro atoms. The topological polar surface area (TPSA) is 31.0 Å². The van der Waals surface area contributed by atoms with Crippen LogP contribution in [0.25, 0.3) is 49.9 Å². The molecular weight excluding hydrogens is 356 g/mol. The third-order valence-corrected chi connectivity index (χ3v) is 5.38. The van der Waals surface area contributed by atoms with Crippen LogP contribution >= 0.6 is 0 Å². The Bertz CT molecular complexity index is 1620. The smallest absolute Gasteiger partial charge is 0.149 e. The average molecular weight is 377 g/mol. The highest BCUT2D eigenvalue weighted by molar-refractivity contribution is 5.98. The highest BCUT2D eigenvalue weighted by Crippen LogP contribution is 2.36. The van der Waals surface area contributed by atoms with E-state index in [4.69, 9.17) is 13.5 Å². The predicted molar refractivity (Wildman–Crippen MR) is 119 cm³/mol. The lowest BCUT2D eigenvalue weighted by Gasteiger charge is -2.12. The van der Waals surface area contributed by atoms with E-state index in [0.717, 1.165) is 38.4 Å². The van der Waals surface area contributed by atoms with Gasteiger partial charge in [-0.05, 0) is 42.6 Å². The first-order valence-corrected chi connectivity index (χ1v) is 9.48. The van der Waals surface area contributed by atoms with E-state index >= 15 is 0 Å². The minimum absolute atomic E-state index is 0.278. The van der Waals surface area contributed by atoms with Crippen molar-refractivity contribution in [2.75, 3.05) is 0 Å². The van der Waals surface area contributed by atoms with Crippen LogP contribution in [-0.2, 0) is 0 Å². The Morgan fingerprint density at radius 1 is 0.862 bits per heavy atom. The van der Waals surface area contributed by atoms with E-state index in [1.54, 1.807) is 24.5 Å². The molecule has 3 heteroatoms. The van der Waals surface area contributed by atoms with Crippen molar-refractivity contribution in [3.63, 3.8) is 0 Å². The number of aryl methyl sites for hydroxylation is 1. The second-order valence-electron chi connectivity index (χ2n) is 7.12. The van der Waals surface area contributed by atoms with Crippen LogP contribution in [-0.4, -0.2) is 9.55 Å². The fourth-order valence-corrected chi connectivity index (χ4v) is 4.06. The van der Waals surface area contributed by atoms with Crippen LogP contribution < -0.4 is 0 Å². The predicted octanol–water partition coefficient (Wildman–Crippen LogP) is 6.90. The Labute approximate surface area is 172 Å². The molecule has 4 aromatic carbocycles. The number of para-hydroxylation sites is 2. The van der Waals surface area contributed by atoms with Crippen molar-refractivity contribution in [2.45, 2.75) is 6.85 Å². The monoisotopic (exact) mass is 377 g/mol. The first kappa shape index (κ1) is 13.3. The number of imidazole rings is 1. The van der Waals surface area contributed by atoms with E-state index in [0.29, 0.717) is 11.4 Å². The Morgan fingerprint density at radius 2 is 1.72 bits per heavy atom. The number of benzene rings is 4. The van der Waals surface area contributed by atoms with Crippen LogP contribution in [0.3, 0.4) is 0 Å². The summed E-state index contributed by atoms with van der Waals surface area (Å²) in [6.07, 6.45) is 1.66. The standard InChI is InChI=1S/C26H18N2O/c1-17-13-14-25-20(15-17)21(16-29-25)26-27-22-10-4-5-11-24(22)28(26)23-12-6-8-18-7-2-3-9-19(18)23/h2-16H,1H3/i1D3. The average Bonchev–Trinajstić information content (AvgIpc) is 3.39. The summed E-state index contributed by atoms with van der Waals surface area (Å²) in [6, 6.07) is 27.4. The van der Waals surface area contributed by atoms with Gasteiger partial charge in [0.05, 0.1) is 22.3 Å². The molecule has 0 saturated heterocycles. The molecule has 0 saturated carbocycles. The van der Waals surface area contributed by atoms with Gasteiger partial charge in [0.25, 0.3) is 0 Å². The maximum absolute atomic E-state index is 7.81. The highest BCUT2D eigenvalue weighted by Gasteiger charge is 2.19. The fraction of sp³-hybridized carbons (Fsp3) is 0.0385. The Morgan fingerprint density at radius 3 is 2.69 bits per heavy atom. The number of furan rings is 1. The fourth-order valence-electron chi connectivity index (χ4n) is 4.06. The van der Waals surface area contributed by atoms with Gasteiger partial charge >= 0.3 is 0 Å². The van der Waals surface area contributed by atoms with E-state index in [-0.39, 0.29) is 5.56 Å². The van der Waals surface area contributed by atoms with Gasteiger partial charge < -0.3 is 4.42 Å². The number of aromatic nitrogens is 2. The molecule has 2 aromatic heterocycles. The largest absolute Gasteiger partial charge is 0.464 e. The maximum Gasteiger partial charge on any atom is 0.149 e. The van der Waals surface area contributed by atoms with Crippen LogP contribution in [0.15, 0.2) is 95.6 Å². The number of nitrogens with zero attached hydrogens (tertiary/aromatic N) is 2. The summed E-state index contributed by atoms with van der Waals surface area (Å²) in [5.41, 5.74) is 4.50. The SMILES string of the molecule is [2H]C([2H])([2H])c1ccc2occ(-c3nc4ccccc4n3-c3cccc4ccccc34)c2c1. The minimum atomic E-state index is -2.20. The summed E-state index contributed by atoms with van der Waals surface area (Å²) < 4.78 is 31.4. The van der Waals surface area contributed by atoms with Crippen LogP contribution in [0.1, 0.15) is 9.68 Å². The van der Waals surface area contributed by atoms with Crippen molar-refractivity contribution in [3.05, 3.63) is 96.8 Å². The molecule has 0 radical (unpaired) electrons. The third-order valence-electron chi connectivity index (χ3n) is 5.38. The lowest BCUT2D eigenvalue weighted by atomic mass is 10.1. The molecule has 0 aliphatic carbocycles. The van der Waals surface area contributed by atoms with Crippen molar-refractivity contribution in [1.29, 1.82) is 0 Å². The molecule has 6 aromatic rings. The summed E-state index contributed by atoms with van der Waals surface area (Å²) in [5, 5.41) is 2.97. The number of hydrogen-bond acceptors (Lipinski definition) is 2. The van der Waals surface area contributed by atoms with E-state index in [1.807, 2.05) is 42.5 Å². The molecule has 0 aliphatic heterocycles. The summed E-state index contributed by atoms with van der Waals surface area (Å²) in [4.78, 5) is 4.94. The molecule has 0 bridgehead atoms. The molecule has 0 N–H and O–H groups in total. The third kappa shape index (κ3) is 2.41. The molecule has 138 valence electrons. The zero-order valence-electron chi connectivity index (χ0n) is 18.5. The minimum Gasteiger partial charge on any atom is -0.464 e. The van der Waals surface area contributed by atoms with E-state index in [9.17, 15) is 0 Å². The number of fused-ring (bicyclic) bond motifs is 3. The lowest BCUT2D eigenvalue weighted by molar-refractivity contribution is 0.616. The van der Waals surface area contributed by atoms with Crippen LogP contribution in [0.5, 0.6) is 0 Å². The number of hydrogen-bond donors (Lipinski definition) is 0. The van der Waals surface area contributed by atoms with Gasteiger partial charge in [0.1, 0.15) is 17.7 Å². The second kappa shape index (κ2) is 6.08. The maximum atomic E-state index is 7.81. The van der Waals surface area contributed by atoms with E-state index in [2.05, 4.69) is 28.8 Å². The summed E-state index contributed by atoms with van der Waals surface area (Å²) >= 11 is 0. The van der Waals surface area contributed by atoms with E-state index in [1.165, 1.54) is 0 Å². The molecule has 6 rings (SSSR count). The zero-order chi connectivity index (χ0) is 21.9. The zero-order valence-corrected chi connectivity index (χ0v) is 15.5. The molecule has 0 unspecified atom stereocenters. The van der Waals surface area contributed by atoms with Crippen LogP contribution in [0, 0.1) is 6.85 Å². The van der Waals surface area contributed by atoms with Crippen molar-refractivity contribution >= 4 is 32.8 Å². The van der Waals surface area contributed by atoms with E-state index < -0.39 is 6.85 Å². The molecular formula is C26H18N2O. The second-order valence-corrected chi connectivity index (χ2v) is 7.12. The summed E-state index contributed by atoms with van der Waals surface area (Å²) in [7, 11) is 0. The molecule has 0 atom stereocenters. The van der Waals surface area contributed by atoms with Crippen molar-refractivity contribution in [3.8, 4) is 17.1 Å².